The van der Waals surface area contributed by atoms with Crippen LogP contribution in [0, 0.1) is 0 Å². The first kappa shape index (κ1) is 22.3. The summed E-state index contributed by atoms with van der Waals surface area (Å²) < 4.78 is 17.6. The molecule has 33 heavy (non-hydrogen) atoms. The van der Waals surface area contributed by atoms with Crippen LogP contribution in [-0.4, -0.2) is 41.4 Å². The number of carbonyl (C=O) groups is 2. The van der Waals surface area contributed by atoms with Gasteiger partial charge in [-0.3, -0.25) is 14.2 Å². The van der Waals surface area contributed by atoms with Crippen LogP contribution in [0.3, 0.4) is 0 Å². The maximum Gasteiger partial charge on any atom is 0.325 e. The Kier molecular flexibility index (Phi) is 5.80. The predicted octanol–water partition coefficient (Wildman–Crippen LogP) is 4.27. The maximum absolute atomic E-state index is 12.7. The molecule has 0 spiro atoms. The topological polar surface area (TPSA) is 112 Å². The number of nitrogens with zero attached hydrogens (tertiary/aromatic N) is 3. The number of azo groups is 1. The van der Waals surface area contributed by atoms with E-state index in [0.29, 0.717) is 22.4 Å². The zero-order chi connectivity index (χ0) is 23.8. The number of aromatic nitrogens is 1. The van der Waals surface area contributed by atoms with Crippen molar-refractivity contribution in [1.82, 2.24) is 4.57 Å². The van der Waals surface area contributed by atoms with Crippen LogP contribution < -0.4 is 9.47 Å². The van der Waals surface area contributed by atoms with E-state index in [4.69, 9.17) is 14.2 Å². The molecule has 3 aromatic rings. The summed E-state index contributed by atoms with van der Waals surface area (Å²) >= 11 is 0. The van der Waals surface area contributed by atoms with Crippen LogP contribution in [0.5, 0.6) is 17.4 Å². The van der Waals surface area contributed by atoms with Crippen LogP contribution in [0.4, 0.5) is 5.69 Å². The second kappa shape index (κ2) is 8.57. The molecule has 1 aromatic heterocycles. The van der Waals surface area contributed by atoms with E-state index in [1.165, 1.54) is 11.7 Å². The van der Waals surface area contributed by atoms with E-state index < -0.39 is 18.0 Å². The van der Waals surface area contributed by atoms with Crippen molar-refractivity contribution >= 4 is 28.5 Å². The smallest absolute Gasteiger partial charge is 0.325 e. The van der Waals surface area contributed by atoms with Gasteiger partial charge in [-0.1, -0.05) is 45.0 Å². The molecule has 0 bridgehead atoms. The van der Waals surface area contributed by atoms with E-state index in [0.717, 1.165) is 5.56 Å². The first-order chi connectivity index (χ1) is 15.7. The first-order valence-corrected chi connectivity index (χ1v) is 10.5. The second-order valence-corrected chi connectivity index (χ2v) is 8.72. The Hall–Kier alpha value is -3.88. The zero-order valence-electron chi connectivity index (χ0n) is 18.9. The summed E-state index contributed by atoms with van der Waals surface area (Å²) in [6.45, 7) is 6.03. The van der Waals surface area contributed by atoms with Crippen molar-refractivity contribution in [2.45, 2.75) is 38.8 Å². The SMILES string of the molecule is COC(=O)Cn1c(O)c(N=NC(=O)[C@@H]2COc3ccc(C(C)(C)C)cc3O2)c2ccccc21. The number of hydrogen-bond donors (Lipinski definition) is 1. The lowest BCUT2D eigenvalue weighted by Crippen LogP contribution is -2.35. The largest absolute Gasteiger partial charge is 0.493 e. The summed E-state index contributed by atoms with van der Waals surface area (Å²) in [6.07, 6.45) is -0.970. The fourth-order valence-corrected chi connectivity index (χ4v) is 3.55. The number of ether oxygens (including phenoxy) is 3. The average molecular weight is 451 g/mol. The Morgan fingerprint density at radius 1 is 1.18 bits per heavy atom. The minimum absolute atomic E-state index is 0.00417. The Balaban J connectivity index is 1.59. The number of para-hydroxylation sites is 1. The lowest BCUT2D eigenvalue weighted by molar-refractivity contribution is -0.141. The van der Waals surface area contributed by atoms with Crippen molar-refractivity contribution in [3.63, 3.8) is 0 Å². The highest BCUT2D eigenvalue weighted by molar-refractivity contribution is 5.96. The van der Waals surface area contributed by atoms with Gasteiger partial charge in [0.15, 0.2) is 17.2 Å². The minimum Gasteiger partial charge on any atom is -0.493 e. The molecule has 172 valence electrons. The van der Waals surface area contributed by atoms with Gasteiger partial charge in [0.2, 0.25) is 12.0 Å². The van der Waals surface area contributed by atoms with E-state index in [1.54, 1.807) is 24.3 Å². The zero-order valence-corrected chi connectivity index (χ0v) is 18.9. The summed E-state index contributed by atoms with van der Waals surface area (Å²) in [5.74, 6) is -0.441. The quantitative estimate of drug-likeness (QED) is 0.468. The van der Waals surface area contributed by atoms with Gasteiger partial charge in [-0.15, -0.1) is 10.2 Å². The number of rotatable bonds is 4. The molecule has 0 fully saturated rings. The molecule has 0 aliphatic carbocycles. The molecule has 1 aliphatic heterocycles. The Morgan fingerprint density at radius 2 is 1.94 bits per heavy atom. The average Bonchev–Trinajstić information content (AvgIpc) is 3.06. The number of fused-ring (bicyclic) bond motifs is 2. The van der Waals surface area contributed by atoms with Gasteiger partial charge in [0.1, 0.15) is 13.2 Å². The molecule has 0 unspecified atom stereocenters. The molecule has 2 heterocycles. The molecule has 2 aromatic carbocycles. The van der Waals surface area contributed by atoms with Crippen LogP contribution in [0.2, 0.25) is 0 Å². The van der Waals surface area contributed by atoms with Crippen molar-refractivity contribution in [2.24, 2.45) is 10.2 Å². The Bertz CT molecular complexity index is 1260. The fourth-order valence-electron chi connectivity index (χ4n) is 3.55. The van der Waals surface area contributed by atoms with E-state index in [1.807, 2.05) is 18.2 Å². The van der Waals surface area contributed by atoms with E-state index >= 15 is 0 Å². The van der Waals surface area contributed by atoms with Gasteiger partial charge in [-0.2, -0.15) is 0 Å². The lowest BCUT2D eigenvalue weighted by atomic mass is 9.87. The summed E-state index contributed by atoms with van der Waals surface area (Å²) in [6, 6.07) is 12.6. The number of carbonyl (C=O) groups excluding carboxylic acids is 2. The van der Waals surface area contributed by atoms with Gasteiger partial charge in [0.05, 0.1) is 12.6 Å². The van der Waals surface area contributed by atoms with Crippen LogP contribution >= 0.6 is 0 Å². The summed E-state index contributed by atoms with van der Waals surface area (Å²) in [4.78, 5) is 24.5. The molecule has 1 atom stereocenters. The number of esters is 1. The van der Waals surface area contributed by atoms with Gasteiger partial charge in [0, 0.05) is 5.39 Å². The summed E-state index contributed by atoms with van der Waals surface area (Å²) in [5.41, 5.74) is 1.59. The molecule has 1 N–H and O–H groups in total. The molecule has 9 heteroatoms. The van der Waals surface area contributed by atoms with E-state index in [-0.39, 0.29) is 30.1 Å². The van der Waals surface area contributed by atoms with Crippen LogP contribution in [0.1, 0.15) is 26.3 Å². The number of aromatic hydroxyl groups is 1. The highest BCUT2D eigenvalue weighted by Crippen LogP contribution is 2.39. The van der Waals surface area contributed by atoms with Crippen molar-refractivity contribution in [3.8, 4) is 17.4 Å². The van der Waals surface area contributed by atoms with E-state index in [2.05, 4.69) is 31.0 Å². The maximum atomic E-state index is 12.7. The standard InChI is InChI=1S/C24H25N3O6/c1-24(2,3)14-9-10-17-18(11-14)33-19(13-32-17)22(29)26-25-21-15-7-5-6-8-16(15)27(23(21)30)12-20(28)31-4/h5-11,19,30H,12-13H2,1-4H3/t19-/m0/s1. The Morgan fingerprint density at radius 3 is 2.67 bits per heavy atom. The van der Waals surface area contributed by atoms with Crippen molar-refractivity contribution in [2.75, 3.05) is 13.7 Å². The van der Waals surface area contributed by atoms with Crippen LogP contribution in [0.15, 0.2) is 52.7 Å². The lowest BCUT2D eigenvalue weighted by Gasteiger charge is -2.27. The predicted molar refractivity (Wildman–Crippen MR) is 120 cm³/mol. The van der Waals surface area contributed by atoms with Gasteiger partial charge < -0.3 is 19.3 Å². The molecule has 0 saturated heterocycles. The monoisotopic (exact) mass is 451 g/mol. The van der Waals surface area contributed by atoms with Gasteiger partial charge in [-0.25, -0.2) is 0 Å². The highest BCUT2D eigenvalue weighted by atomic mass is 16.6. The fraction of sp³-hybridized carbons (Fsp3) is 0.333. The van der Waals surface area contributed by atoms with Gasteiger partial charge in [0.25, 0.3) is 0 Å². The number of amides is 1. The molecular weight excluding hydrogens is 426 g/mol. The third-order valence-corrected chi connectivity index (χ3v) is 5.43. The number of benzene rings is 2. The van der Waals surface area contributed by atoms with Crippen LogP contribution in [-0.2, 0) is 26.3 Å². The minimum atomic E-state index is -0.970. The first-order valence-electron chi connectivity index (χ1n) is 10.5. The van der Waals surface area contributed by atoms with Crippen LogP contribution in [0.25, 0.3) is 10.9 Å². The summed E-state index contributed by atoms with van der Waals surface area (Å²) in [5, 5.41) is 19.0. The highest BCUT2D eigenvalue weighted by Gasteiger charge is 2.29. The van der Waals surface area contributed by atoms with Crippen molar-refractivity contribution < 1.29 is 28.9 Å². The number of methoxy groups -OCH3 is 1. The number of hydrogen-bond acceptors (Lipinski definition) is 7. The molecular formula is C24H25N3O6. The molecule has 1 aliphatic rings. The van der Waals surface area contributed by atoms with E-state index in [9.17, 15) is 14.7 Å². The molecule has 1 amide bonds. The van der Waals surface area contributed by atoms with Crippen molar-refractivity contribution in [3.05, 3.63) is 48.0 Å². The summed E-state index contributed by atoms with van der Waals surface area (Å²) in [7, 11) is 1.26. The normalized spacial score (nSPS) is 15.7. The molecule has 4 rings (SSSR count). The molecule has 0 radical (unpaired) electrons. The molecule has 0 saturated carbocycles. The Labute approximate surface area is 190 Å². The van der Waals surface area contributed by atoms with Crippen molar-refractivity contribution in [1.29, 1.82) is 0 Å². The molecule has 9 nitrogen and oxygen atoms in total. The third-order valence-electron chi connectivity index (χ3n) is 5.43. The van der Waals surface area contributed by atoms with Gasteiger partial charge in [-0.05, 0) is 29.2 Å². The third kappa shape index (κ3) is 4.39. The van der Waals surface area contributed by atoms with Gasteiger partial charge >= 0.3 is 11.9 Å². The second-order valence-electron chi connectivity index (χ2n) is 8.72.